The minimum atomic E-state index is -1.82. The van der Waals surface area contributed by atoms with Crippen molar-refractivity contribution in [3.63, 3.8) is 0 Å². The van der Waals surface area contributed by atoms with Gasteiger partial charge in [-0.25, -0.2) is 19.4 Å². The second kappa shape index (κ2) is 9.37. The number of carboxylic acids is 2. The highest BCUT2D eigenvalue weighted by Gasteiger charge is 2.23. The topological polar surface area (TPSA) is 133 Å². The lowest BCUT2D eigenvalue weighted by molar-refractivity contribution is -0.159. The first kappa shape index (κ1) is 20.0. The molecule has 27 heavy (non-hydrogen) atoms. The fraction of sp³-hybridized carbons (Fsp3) is 0.333. The van der Waals surface area contributed by atoms with Crippen LogP contribution in [0.1, 0.15) is 22.5 Å². The molecule has 0 unspecified atom stereocenters. The predicted molar refractivity (Wildman–Crippen MR) is 94.2 cm³/mol. The molecule has 0 aliphatic carbocycles. The monoisotopic (exact) mass is 375 g/mol. The van der Waals surface area contributed by atoms with E-state index in [1.807, 2.05) is 12.1 Å². The van der Waals surface area contributed by atoms with Crippen LogP contribution in [0.2, 0.25) is 0 Å². The van der Waals surface area contributed by atoms with E-state index in [0.29, 0.717) is 19.7 Å². The molecule has 1 aromatic heterocycles. The van der Waals surface area contributed by atoms with Crippen molar-refractivity contribution < 1.29 is 29.3 Å². The van der Waals surface area contributed by atoms with Gasteiger partial charge >= 0.3 is 18.0 Å². The van der Waals surface area contributed by atoms with Crippen LogP contribution in [0.15, 0.2) is 30.6 Å². The number of amides is 1. The van der Waals surface area contributed by atoms with E-state index in [4.69, 9.17) is 24.5 Å². The van der Waals surface area contributed by atoms with Gasteiger partial charge in [-0.15, -0.1) is 0 Å². The molecule has 0 bridgehead atoms. The van der Waals surface area contributed by atoms with Gasteiger partial charge in [0.05, 0.1) is 30.9 Å². The number of hydrogen-bond donors (Lipinski definition) is 3. The van der Waals surface area contributed by atoms with Crippen molar-refractivity contribution in [3.05, 3.63) is 53.1 Å². The molecule has 1 aromatic carbocycles. The molecular formula is C18H21N3O6. The first-order chi connectivity index (χ1) is 12.9. The lowest BCUT2D eigenvalue weighted by Crippen LogP contribution is -2.36. The number of fused-ring (bicyclic) bond motifs is 1. The number of aliphatic carboxylic acids is 2. The number of aromatic nitrogens is 2. The molecule has 0 radical (unpaired) electrons. The van der Waals surface area contributed by atoms with Crippen molar-refractivity contribution in [2.24, 2.45) is 0 Å². The Labute approximate surface area is 155 Å². The maximum absolute atomic E-state index is 12.1. The third-order valence-electron chi connectivity index (χ3n) is 4.07. The molecule has 3 N–H and O–H groups in total. The fourth-order valence-electron chi connectivity index (χ4n) is 2.60. The van der Waals surface area contributed by atoms with Gasteiger partial charge in [-0.2, -0.15) is 0 Å². The molecule has 0 spiro atoms. The molecule has 0 atom stereocenters. The third kappa shape index (κ3) is 5.84. The van der Waals surface area contributed by atoms with Crippen molar-refractivity contribution in [3.8, 4) is 0 Å². The third-order valence-corrected chi connectivity index (χ3v) is 4.07. The van der Waals surface area contributed by atoms with Crippen LogP contribution in [0.25, 0.3) is 0 Å². The summed E-state index contributed by atoms with van der Waals surface area (Å²) in [6.07, 6.45) is 2.97. The maximum atomic E-state index is 12.1. The number of carboxylic acid groups (broad SMARTS) is 2. The van der Waals surface area contributed by atoms with E-state index >= 15 is 0 Å². The second-order valence-electron chi connectivity index (χ2n) is 5.90. The number of hydrogen-bond acceptors (Lipinski definition) is 5. The minimum absolute atomic E-state index is 0.246. The zero-order chi connectivity index (χ0) is 19.8. The first-order valence-corrected chi connectivity index (χ1v) is 8.32. The fourth-order valence-corrected chi connectivity index (χ4v) is 2.60. The molecule has 9 heteroatoms. The van der Waals surface area contributed by atoms with Gasteiger partial charge in [0.1, 0.15) is 0 Å². The molecule has 1 aliphatic heterocycles. The Balaban J connectivity index is 0.000000380. The Morgan fingerprint density at radius 2 is 1.93 bits per heavy atom. The van der Waals surface area contributed by atoms with Gasteiger partial charge in [-0.3, -0.25) is 0 Å². The SMILES string of the molecule is Cc1ccccc1CCOC(=O)N1CCc2nc[nH]c2C1.O=C(O)C(=O)O. The smallest absolute Gasteiger partial charge is 0.414 e. The van der Waals surface area contributed by atoms with E-state index < -0.39 is 11.9 Å². The zero-order valence-electron chi connectivity index (χ0n) is 14.8. The Hall–Kier alpha value is -3.36. The molecule has 2 aromatic rings. The summed E-state index contributed by atoms with van der Waals surface area (Å²) < 4.78 is 5.38. The van der Waals surface area contributed by atoms with Crippen LogP contribution in [-0.4, -0.2) is 56.3 Å². The molecule has 3 rings (SSSR count). The molecule has 2 heterocycles. The summed E-state index contributed by atoms with van der Waals surface area (Å²) in [6.45, 7) is 3.71. The van der Waals surface area contributed by atoms with Crippen LogP contribution < -0.4 is 0 Å². The molecule has 0 fully saturated rings. The number of aryl methyl sites for hydroxylation is 1. The number of imidazole rings is 1. The van der Waals surface area contributed by atoms with Crippen LogP contribution in [0, 0.1) is 6.92 Å². The second-order valence-corrected chi connectivity index (χ2v) is 5.90. The number of rotatable bonds is 3. The summed E-state index contributed by atoms with van der Waals surface area (Å²) in [7, 11) is 0. The number of nitrogens with zero attached hydrogens (tertiary/aromatic N) is 2. The Morgan fingerprint density at radius 1 is 1.22 bits per heavy atom. The number of H-pyrrole nitrogens is 1. The summed E-state index contributed by atoms with van der Waals surface area (Å²) in [6, 6.07) is 8.16. The molecule has 0 saturated heterocycles. The average molecular weight is 375 g/mol. The van der Waals surface area contributed by atoms with Crippen molar-refractivity contribution in [2.75, 3.05) is 13.2 Å². The first-order valence-electron chi connectivity index (χ1n) is 8.32. The van der Waals surface area contributed by atoms with Gasteiger partial charge in [0, 0.05) is 19.4 Å². The van der Waals surface area contributed by atoms with Crippen LogP contribution in [0.4, 0.5) is 4.79 Å². The lowest BCUT2D eigenvalue weighted by atomic mass is 10.1. The Morgan fingerprint density at radius 3 is 2.59 bits per heavy atom. The van der Waals surface area contributed by atoms with Gasteiger partial charge < -0.3 is 24.8 Å². The summed E-state index contributed by atoms with van der Waals surface area (Å²) in [5, 5.41) is 14.8. The Kier molecular flexibility index (Phi) is 6.93. The van der Waals surface area contributed by atoms with Gasteiger partial charge in [0.25, 0.3) is 0 Å². The highest BCUT2D eigenvalue weighted by atomic mass is 16.6. The van der Waals surface area contributed by atoms with E-state index in [0.717, 1.165) is 24.2 Å². The largest absolute Gasteiger partial charge is 0.473 e. The zero-order valence-corrected chi connectivity index (χ0v) is 14.8. The predicted octanol–water partition coefficient (Wildman–Crippen LogP) is 1.61. The van der Waals surface area contributed by atoms with Crippen molar-refractivity contribution in [2.45, 2.75) is 26.3 Å². The number of nitrogens with one attached hydrogen (secondary N) is 1. The van der Waals surface area contributed by atoms with Gasteiger partial charge in [-0.05, 0) is 18.1 Å². The van der Waals surface area contributed by atoms with Crippen molar-refractivity contribution >= 4 is 18.0 Å². The standard InChI is InChI=1S/C16H19N3O2.C2H2O4/c1-12-4-2-3-5-13(12)7-9-21-16(20)19-8-6-14-15(10-19)18-11-17-14;3-1(4)2(5)6/h2-5,11H,6-10H2,1H3,(H,17,18);(H,3,4)(H,5,6). The number of aromatic amines is 1. The number of benzene rings is 1. The van der Waals surface area contributed by atoms with E-state index in [1.165, 1.54) is 11.1 Å². The number of ether oxygens (including phenoxy) is 1. The van der Waals surface area contributed by atoms with Crippen LogP contribution in [0.3, 0.4) is 0 Å². The normalized spacial score (nSPS) is 12.4. The molecular weight excluding hydrogens is 354 g/mol. The maximum Gasteiger partial charge on any atom is 0.414 e. The molecule has 1 amide bonds. The van der Waals surface area contributed by atoms with Crippen LogP contribution in [-0.2, 0) is 33.7 Å². The average Bonchev–Trinajstić information content (AvgIpc) is 3.11. The highest BCUT2D eigenvalue weighted by molar-refractivity contribution is 6.27. The summed E-state index contributed by atoms with van der Waals surface area (Å²) in [4.78, 5) is 39.3. The van der Waals surface area contributed by atoms with Gasteiger partial charge in [0.15, 0.2) is 0 Å². The van der Waals surface area contributed by atoms with Crippen molar-refractivity contribution in [1.82, 2.24) is 14.9 Å². The summed E-state index contributed by atoms with van der Waals surface area (Å²) in [5.74, 6) is -3.65. The van der Waals surface area contributed by atoms with E-state index in [-0.39, 0.29) is 6.09 Å². The van der Waals surface area contributed by atoms with Gasteiger partial charge in [-0.1, -0.05) is 24.3 Å². The van der Waals surface area contributed by atoms with Crippen LogP contribution in [0.5, 0.6) is 0 Å². The molecule has 0 saturated carbocycles. The molecule has 1 aliphatic rings. The quantitative estimate of drug-likeness (QED) is 0.694. The number of carbonyl (C=O) groups is 3. The van der Waals surface area contributed by atoms with E-state index in [9.17, 15) is 4.79 Å². The van der Waals surface area contributed by atoms with Gasteiger partial charge in [0.2, 0.25) is 0 Å². The molecule has 9 nitrogen and oxygen atoms in total. The van der Waals surface area contributed by atoms with Crippen LogP contribution >= 0.6 is 0 Å². The minimum Gasteiger partial charge on any atom is -0.473 e. The lowest BCUT2D eigenvalue weighted by Gasteiger charge is -2.25. The summed E-state index contributed by atoms with van der Waals surface area (Å²) in [5.41, 5.74) is 4.52. The van der Waals surface area contributed by atoms with E-state index in [1.54, 1.807) is 11.2 Å². The number of carbonyl (C=O) groups excluding carboxylic acids is 1. The van der Waals surface area contributed by atoms with E-state index in [2.05, 4.69) is 29.0 Å². The van der Waals surface area contributed by atoms with Crippen molar-refractivity contribution in [1.29, 1.82) is 0 Å². The highest BCUT2D eigenvalue weighted by Crippen LogP contribution is 2.15. The Bertz CT molecular complexity index is 805. The summed E-state index contributed by atoms with van der Waals surface area (Å²) >= 11 is 0. The molecule has 144 valence electrons.